The first-order valence-corrected chi connectivity index (χ1v) is 4.78. The number of hydrogen-bond acceptors (Lipinski definition) is 2. The molecule has 0 amide bonds. The predicted octanol–water partition coefficient (Wildman–Crippen LogP) is 3.18. The summed E-state index contributed by atoms with van der Waals surface area (Å²) in [5, 5.41) is 3.69. The Morgan fingerprint density at radius 2 is 2.33 bits per heavy atom. The van der Waals surface area contributed by atoms with Crippen molar-refractivity contribution in [3.63, 3.8) is 0 Å². The number of nitrogens with zero attached hydrogens (tertiary/aromatic N) is 1. The number of fused-ring (bicyclic) bond motifs is 1. The normalized spacial score (nSPS) is 12.9. The lowest BCUT2D eigenvalue weighted by atomic mass is 10.0. The maximum absolute atomic E-state index is 13.0. The van der Waals surface area contributed by atoms with Crippen molar-refractivity contribution in [3.05, 3.63) is 40.7 Å². The third-order valence-electron chi connectivity index (χ3n) is 2.56. The standard InChI is InChI=1S/C11H11FN2O/c1-7(5-14-15)10-6-13-11-3-2-8(12)4-9(10)11/h2-4,6-7,13H,5H2,1H3. The predicted molar refractivity (Wildman–Crippen MR) is 57.3 cm³/mol. The summed E-state index contributed by atoms with van der Waals surface area (Å²) in [6.45, 7) is 2.11. The third kappa shape index (κ3) is 1.75. The SMILES string of the molecule is CC(CN=O)c1c[nH]c2ccc(F)cc12. The van der Waals surface area contributed by atoms with Gasteiger partial charge in [-0.05, 0) is 23.8 Å². The van der Waals surface area contributed by atoms with E-state index in [-0.39, 0.29) is 18.3 Å². The highest BCUT2D eigenvalue weighted by Gasteiger charge is 2.11. The van der Waals surface area contributed by atoms with E-state index in [1.54, 1.807) is 12.3 Å². The first kappa shape index (κ1) is 9.83. The first-order chi connectivity index (χ1) is 7.22. The molecule has 0 bridgehead atoms. The van der Waals surface area contributed by atoms with E-state index in [0.717, 1.165) is 16.5 Å². The molecule has 4 heteroatoms. The molecule has 1 N–H and O–H groups in total. The molecule has 1 heterocycles. The van der Waals surface area contributed by atoms with Crippen LogP contribution in [-0.4, -0.2) is 11.5 Å². The van der Waals surface area contributed by atoms with Crippen LogP contribution in [0.5, 0.6) is 0 Å². The lowest BCUT2D eigenvalue weighted by Gasteiger charge is -2.04. The van der Waals surface area contributed by atoms with Gasteiger partial charge in [0.05, 0.1) is 6.54 Å². The fraction of sp³-hybridized carbons (Fsp3) is 0.273. The highest BCUT2D eigenvalue weighted by Crippen LogP contribution is 2.26. The second-order valence-corrected chi connectivity index (χ2v) is 3.65. The Hall–Kier alpha value is -1.71. The van der Waals surface area contributed by atoms with Gasteiger partial charge in [-0.15, -0.1) is 0 Å². The minimum atomic E-state index is -0.269. The van der Waals surface area contributed by atoms with Gasteiger partial charge in [-0.25, -0.2) is 4.39 Å². The van der Waals surface area contributed by atoms with Gasteiger partial charge in [-0.3, -0.25) is 0 Å². The summed E-state index contributed by atoms with van der Waals surface area (Å²) in [5.74, 6) is -0.257. The molecule has 15 heavy (non-hydrogen) atoms. The van der Waals surface area contributed by atoms with Crippen molar-refractivity contribution in [1.82, 2.24) is 4.98 Å². The van der Waals surface area contributed by atoms with Gasteiger partial charge in [0.2, 0.25) is 0 Å². The number of nitrogens with one attached hydrogen (secondary N) is 1. The number of aromatic amines is 1. The lowest BCUT2D eigenvalue weighted by molar-refractivity contribution is 0.629. The summed E-state index contributed by atoms with van der Waals surface area (Å²) in [6.07, 6.45) is 1.81. The minimum absolute atomic E-state index is 0.0121. The number of rotatable bonds is 3. The Bertz CT molecular complexity index is 492. The zero-order valence-corrected chi connectivity index (χ0v) is 8.33. The van der Waals surface area contributed by atoms with E-state index in [4.69, 9.17) is 0 Å². The van der Waals surface area contributed by atoms with Gasteiger partial charge in [0.1, 0.15) is 5.82 Å². The molecule has 0 spiro atoms. The molecule has 2 rings (SSSR count). The summed E-state index contributed by atoms with van der Waals surface area (Å²) >= 11 is 0. The van der Waals surface area contributed by atoms with Gasteiger partial charge in [-0.1, -0.05) is 12.1 Å². The van der Waals surface area contributed by atoms with Crippen LogP contribution >= 0.6 is 0 Å². The number of hydrogen-bond donors (Lipinski definition) is 1. The van der Waals surface area contributed by atoms with E-state index < -0.39 is 0 Å². The largest absolute Gasteiger partial charge is 0.361 e. The fourth-order valence-electron chi connectivity index (χ4n) is 1.73. The van der Waals surface area contributed by atoms with Gasteiger partial charge in [0, 0.05) is 23.0 Å². The van der Waals surface area contributed by atoms with Crippen LogP contribution in [0.4, 0.5) is 4.39 Å². The van der Waals surface area contributed by atoms with Crippen LogP contribution < -0.4 is 0 Å². The molecule has 0 aliphatic rings. The van der Waals surface area contributed by atoms with Crippen LogP contribution in [0, 0.1) is 10.7 Å². The van der Waals surface area contributed by atoms with Crippen LogP contribution in [0.3, 0.4) is 0 Å². The Morgan fingerprint density at radius 1 is 1.53 bits per heavy atom. The van der Waals surface area contributed by atoms with Crippen molar-refractivity contribution in [1.29, 1.82) is 0 Å². The Labute approximate surface area is 86.3 Å². The number of nitroso groups, excluding NO2 is 1. The molecule has 1 unspecified atom stereocenters. The highest BCUT2D eigenvalue weighted by molar-refractivity contribution is 5.83. The maximum Gasteiger partial charge on any atom is 0.123 e. The molecule has 2 aromatic rings. The summed E-state index contributed by atoms with van der Waals surface area (Å²) < 4.78 is 13.0. The highest BCUT2D eigenvalue weighted by atomic mass is 19.1. The van der Waals surface area contributed by atoms with Crippen molar-refractivity contribution in [2.75, 3.05) is 6.54 Å². The molecule has 0 radical (unpaired) electrons. The molecule has 3 nitrogen and oxygen atoms in total. The quantitative estimate of drug-likeness (QED) is 0.770. The third-order valence-corrected chi connectivity index (χ3v) is 2.56. The second-order valence-electron chi connectivity index (χ2n) is 3.65. The molecular formula is C11H11FN2O. The van der Waals surface area contributed by atoms with Crippen molar-refractivity contribution in [2.24, 2.45) is 5.18 Å². The van der Waals surface area contributed by atoms with Crippen LogP contribution in [0.25, 0.3) is 10.9 Å². The molecule has 0 fully saturated rings. The summed E-state index contributed by atoms with van der Waals surface area (Å²) in [6, 6.07) is 4.57. The monoisotopic (exact) mass is 206 g/mol. The number of benzene rings is 1. The zero-order chi connectivity index (χ0) is 10.8. The maximum atomic E-state index is 13.0. The summed E-state index contributed by atoms with van der Waals surface area (Å²) in [5.41, 5.74) is 1.81. The molecule has 78 valence electrons. The Balaban J connectivity index is 2.51. The smallest absolute Gasteiger partial charge is 0.123 e. The number of H-pyrrole nitrogens is 1. The molecule has 0 aliphatic carbocycles. The van der Waals surface area contributed by atoms with Crippen molar-refractivity contribution >= 4 is 10.9 Å². The van der Waals surface area contributed by atoms with Crippen molar-refractivity contribution in [3.8, 4) is 0 Å². The molecule has 1 atom stereocenters. The van der Waals surface area contributed by atoms with E-state index in [0.29, 0.717) is 0 Å². The molecular weight excluding hydrogens is 195 g/mol. The van der Waals surface area contributed by atoms with Gasteiger partial charge < -0.3 is 4.98 Å². The Morgan fingerprint density at radius 3 is 3.07 bits per heavy atom. The number of aromatic nitrogens is 1. The first-order valence-electron chi connectivity index (χ1n) is 4.78. The average molecular weight is 206 g/mol. The van der Waals surface area contributed by atoms with Crippen molar-refractivity contribution in [2.45, 2.75) is 12.8 Å². The molecule has 0 saturated carbocycles. The second kappa shape index (κ2) is 3.81. The van der Waals surface area contributed by atoms with E-state index >= 15 is 0 Å². The molecule has 1 aromatic heterocycles. The van der Waals surface area contributed by atoms with Gasteiger partial charge in [-0.2, -0.15) is 4.91 Å². The van der Waals surface area contributed by atoms with Crippen LogP contribution in [0.1, 0.15) is 18.4 Å². The van der Waals surface area contributed by atoms with Gasteiger partial charge in [0.15, 0.2) is 0 Å². The Kier molecular flexibility index (Phi) is 2.49. The van der Waals surface area contributed by atoms with E-state index in [2.05, 4.69) is 10.2 Å². The molecule has 1 aromatic carbocycles. The number of halogens is 1. The summed E-state index contributed by atoms with van der Waals surface area (Å²) in [7, 11) is 0. The van der Waals surface area contributed by atoms with Crippen LogP contribution in [0.2, 0.25) is 0 Å². The van der Waals surface area contributed by atoms with Gasteiger partial charge >= 0.3 is 0 Å². The average Bonchev–Trinajstić information content (AvgIpc) is 2.60. The minimum Gasteiger partial charge on any atom is -0.361 e. The lowest BCUT2D eigenvalue weighted by Crippen LogP contribution is -1.95. The fourth-order valence-corrected chi connectivity index (χ4v) is 1.73. The van der Waals surface area contributed by atoms with E-state index in [1.165, 1.54) is 12.1 Å². The van der Waals surface area contributed by atoms with Gasteiger partial charge in [0.25, 0.3) is 0 Å². The van der Waals surface area contributed by atoms with E-state index in [1.807, 2.05) is 6.92 Å². The molecule has 0 aliphatic heterocycles. The van der Waals surface area contributed by atoms with Crippen LogP contribution in [0.15, 0.2) is 29.6 Å². The summed E-state index contributed by atoms with van der Waals surface area (Å²) in [4.78, 5) is 13.2. The topological polar surface area (TPSA) is 45.2 Å². The molecule has 0 saturated heterocycles. The van der Waals surface area contributed by atoms with E-state index in [9.17, 15) is 9.30 Å². The zero-order valence-electron chi connectivity index (χ0n) is 8.33. The van der Waals surface area contributed by atoms with Crippen LogP contribution in [-0.2, 0) is 0 Å². The van der Waals surface area contributed by atoms with Crippen molar-refractivity contribution < 1.29 is 4.39 Å².